The molecule has 0 N–H and O–H groups in total. The quantitative estimate of drug-likeness (QED) is 0.138. The Kier molecular flexibility index (Phi) is 15.3. The fraction of sp³-hybridized carbons (Fsp3) is 0.632. The van der Waals surface area contributed by atoms with Crippen molar-refractivity contribution in [2.45, 2.75) is 75.5 Å². The van der Waals surface area contributed by atoms with E-state index in [1.165, 1.54) is 64.2 Å². The van der Waals surface area contributed by atoms with Crippen LogP contribution in [0.1, 0.15) is 64.2 Å². The summed E-state index contributed by atoms with van der Waals surface area (Å²) in [5, 5.41) is 1.74. The Morgan fingerprint density at radius 2 is 1.17 bits per heavy atom. The summed E-state index contributed by atoms with van der Waals surface area (Å²) in [5.74, 6) is 0. The van der Waals surface area contributed by atoms with Gasteiger partial charge >= 0.3 is 61.2 Å². The van der Waals surface area contributed by atoms with Gasteiger partial charge in [0.25, 0.3) is 0 Å². The van der Waals surface area contributed by atoms with Crippen molar-refractivity contribution >= 4 is 51.9 Å². The molecular weight excluding hydrogens is 724 g/mol. The van der Waals surface area contributed by atoms with E-state index in [0.717, 1.165) is 11.3 Å². The van der Waals surface area contributed by atoms with Crippen molar-refractivity contribution < 1.29 is 15.9 Å². The summed E-state index contributed by atoms with van der Waals surface area (Å²) in [6.45, 7) is 4.50. The fourth-order valence-electron chi connectivity index (χ4n) is 4.26. The van der Waals surface area contributed by atoms with Gasteiger partial charge in [0.15, 0.2) is 0 Å². The number of hydrogen-bond acceptors (Lipinski definition) is 0. The van der Waals surface area contributed by atoms with Crippen LogP contribution in [0, 0.1) is 6.65 Å². The minimum atomic E-state index is -0.323. The molecule has 5 heteroatoms. The minimum absolute atomic E-state index is 0.323. The van der Waals surface area contributed by atoms with Crippen LogP contribution >= 0.6 is 46.6 Å². The van der Waals surface area contributed by atoms with Gasteiger partial charge in [-0.1, -0.05) is 31.0 Å². The third-order valence-electron chi connectivity index (χ3n) is 5.20. The molecule has 0 saturated heterocycles. The van der Waals surface area contributed by atoms with Crippen molar-refractivity contribution in [3.8, 4) is 0 Å². The van der Waals surface area contributed by atoms with E-state index < -0.39 is 0 Å². The first-order valence-corrected chi connectivity index (χ1v) is 23.4. The maximum Gasteiger partial charge on any atom is 0.0920 e. The van der Waals surface area contributed by atoms with Gasteiger partial charge in [0.1, 0.15) is 0 Å². The molecule has 0 bridgehead atoms. The molecule has 0 heterocycles. The number of hydrogen-bond donors (Lipinski definition) is 0. The molecule has 0 amide bonds. The van der Waals surface area contributed by atoms with E-state index in [1.807, 2.05) is 0 Å². The van der Waals surface area contributed by atoms with Crippen molar-refractivity contribution in [1.82, 2.24) is 0 Å². The van der Waals surface area contributed by atoms with Gasteiger partial charge in [-0.2, -0.15) is 0 Å². The summed E-state index contributed by atoms with van der Waals surface area (Å²) in [7, 11) is -0.323. The van der Waals surface area contributed by atoms with Gasteiger partial charge in [-0.3, -0.25) is 0 Å². The van der Waals surface area contributed by atoms with E-state index in [-0.39, 0.29) is 7.92 Å². The Labute approximate surface area is 178 Å². The molecule has 24 heavy (non-hydrogen) atoms. The molecule has 1 nitrogen and oxygen atoms in total. The van der Waals surface area contributed by atoms with Gasteiger partial charge in [0, 0.05) is 7.92 Å². The fourth-order valence-corrected chi connectivity index (χ4v) is 8.51. The van der Waals surface area contributed by atoms with Crippen LogP contribution in [-0.2, 0) is 15.9 Å². The van der Waals surface area contributed by atoms with Crippen LogP contribution in [0.15, 0.2) is 30.3 Å². The second-order valence-electron chi connectivity index (χ2n) is 6.54. The standard InChI is InChI=1S/C18H27P.CO.2HI.Pt/c1-4-10-16(11-5-1)19(17-12-6-2-7-13-17)18-14-8-3-9-15-18;1-2;;;/h1,4-5,10-11,17-18H,2-3,6-9,12-15H2;;2*1H;/q;;;;+2/p-1. The largest absolute Gasteiger partial charge is 0.0920 e. The molecular formula is C19H28I2OPPt+. The zero-order valence-electron chi connectivity index (χ0n) is 14.1. The van der Waals surface area contributed by atoms with Crippen LogP contribution in [-0.4, -0.2) is 11.3 Å². The molecule has 0 atom stereocenters. The molecule has 2 aliphatic carbocycles. The number of halogens is 2. The topological polar surface area (TPSA) is 19.9 Å². The van der Waals surface area contributed by atoms with Gasteiger partial charge in [-0.05, 0) is 63.5 Å². The van der Waals surface area contributed by atoms with E-state index >= 15 is 0 Å². The third kappa shape index (κ3) is 8.49. The Balaban J connectivity index is 0.000000521. The molecule has 0 unspecified atom stereocenters. The average Bonchev–Trinajstić information content (AvgIpc) is 2.67. The second kappa shape index (κ2) is 15.6. The maximum atomic E-state index is 7.50. The van der Waals surface area contributed by atoms with Gasteiger partial charge in [-0.25, -0.2) is 0 Å². The third-order valence-corrected chi connectivity index (χ3v) is 9.11. The zero-order valence-corrected chi connectivity index (χ0v) is 21.7. The summed E-state index contributed by atoms with van der Waals surface area (Å²) < 4.78 is 7.50. The van der Waals surface area contributed by atoms with Gasteiger partial charge in [0.05, 0.1) is 16.6 Å². The molecule has 1 aromatic rings. The molecule has 0 aliphatic heterocycles. The van der Waals surface area contributed by atoms with Crippen molar-refractivity contribution in [2.24, 2.45) is 0 Å². The predicted molar refractivity (Wildman–Crippen MR) is 120 cm³/mol. The minimum Gasteiger partial charge on any atom is -0.0620 e. The zero-order chi connectivity index (χ0) is 17.6. The molecule has 0 spiro atoms. The molecule has 2 saturated carbocycles. The van der Waals surface area contributed by atoms with Crippen molar-refractivity contribution in [3.63, 3.8) is 0 Å². The molecule has 2 aliphatic rings. The van der Waals surface area contributed by atoms with Crippen LogP contribution in [0.5, 0.6) is 0 Å². The monoisotopic (exact) mass is 752 g/mol. The molecule has 3 rings (SSSR count). The summed E-state index contributed by atoms with van der Waals surface area (Å²) in [4.78, 5) is 0. The molecule has 2 fully saturated rings. The van der Waals surface area contributed by atoms with Crippen LogP contribution in [0.4, 0.5) is 0 Å². The predicted octanol–water partition coefficient (Wildman–Crippen LogP) is 6.92. The van der Waals surface area contributed by atoms with Crippen molar-refractivity contribution in [2.75, 3.05) is 0 Å². The van der Waals surface area contributed by atoms with Gasteiger partial charge < -0.3 is 0 Å². The first-order valence-electron chi connectivity index (χ1n) is 8.81. The molecule has 0 radical (unpaired) electrons. The second-order valence-corrected chi connectivity index (χ2v) is 26.3. The number of rotatable bonds is 3. The van der Waals surface area contributed by atoms with Crippen LogP contribution in [0.3, 0.4) is 0 Å². The molecule has 138 valence electrons. The van der Waals surface area contributed by atoms with E-state index in [9.17, 15) is 0 Å². The van der Waals surface area contributed by atoms with E-state index in [0.29, 0.717) is 11.2 Å². The summed E-state index contributed by atoms with van der Waals surface area (Å²) >= 11 is 5.30. The van der Waals surface area contributed by atoms with Crippen LogP contribution in [0.25, 0.3) is 0 Å². The Bertz CT molecular complexity index is 413. The maximum absolute atomic E-state index is 7.50. The first-order chi connectivity index (χ1) is 11.9. The van der Waals surface area contributed by atoms with E-state index in [4.69, 9.17) is 4.65 Å². The van der Waals surface area contributed by atoms with Crippen molar-refractivity contribution in [1.29, 1.82) is 0 Å². The summed E-state index contributed by atoms with van der Waals surface area (Å²) in [5.41, 5.74) is 2.15. The van der Waals surface area contributed by atoms with Gasteiger partial charge in [-0.15, -0.1) is 0 Å². The molecule has 0 aromatic heterocycles. The SMILES string of the molecule is [C-]#[O+].[I][Pt][I].c1ccc([PH+](C2CCCCC2)C2CCCCC2)cc1. The molecule has 1 aromatic carbocycles. The summed E-state index contributed by atoms with van der Waals surface area (Å²) in [6.07, 6.45) is 15.1. The normalized spacial score (nSPS) is 19.0. The van der Waals surface area contributed by atoms with Crippen LogP contribution in [0.2, 0.25) is 0 Å². The smallest absolute Gasteiger partial charge is 0.0620 e. The van der Waals surface area contributed by atoms with Gasteiger partial charge in [0.2, 0.25) is 0 Å². The summed E-state index contributed by atoms with van der Waals surface area (Å²) in [6, 6.07) is 11.6. The van der Waals surface area contributed by atoms with Crippen molar-refractivity contribution in [3.05, 3.63) is 37.0 Å². The van der Waals surface area contributed by atoms with E-state index in [1.54, 1.807) is 5.30 Å². The Hall–Kier alpha value is 1.54. The van der Waals surface area contributed by atoms with Crippen LogP contribution < -0.4 is 5.30 Å². The number of benzene rings is 1. The Morgan fingerprint density at radius 1 is 0.792 bits per heavy atom. The first kappa shape index (κ1) is 23.6. The van der Waals surface area contributed by atoms with E-state index in [2.05, 4.69) is 75.7 Å². The Morgan fingerprint density at radius 3 is 1.54 bits per heavy atom. The average molecular weight is 752 g/mol.